The molecule has 0 amide bonds. The predicted molar refractivity (Wildman–Crippen MR) is 55.8 cm³/mol. The van der Waals surface area contributed by atoms with E-state index in [0.717, 1.165) is 4.90 Å². The molecule has 4 nitrogen and oxygen atoms in total. The molecule has 17 heavy (non-hydrogen) atoms. The summed E-state index contributed by atoms with van der Waals surface area (Å²) in [6.45, 7) is 2.32. The van der Waals surface area contributed by atoms with Gasteiger partial charge in [0.25, 0.3) is 0 Å². The van der Waals surface area contributed by atoms with Gasteiger partial charge in [0.2, 0.25) is 0 Å². The molecule has 0 fully saturated rings. The molecule has 0 rings (SSSR count). The van der Waals surface area contributed by atoms with Gasteiger partial charge in [-0.15, -0.1) is 0 Å². The van der Waals surface area contributed by atoms with Gasteiger partial charge in [-0.25, -0.2) is 4.79 Å². The molecule has 0 aromatic heterocycles. The van der Waals surface area contributed by atoms with Crippen molar-refractivity contribution in [3.05, 3.63) is 0 Å². The van der Waals surface area contributed by atoms with Crippen molar-refractivity contribution in [3.8, 4) is 0 Å². The zero-order chi connectivity index (χ0) is 13.5. The van der Waals surface area contributed by atoms with Gasteiger partial charge >= 0.3 is 12.1 Å². The van der Waals surface area contributed by atoms with Gasteiger partial charge in [0.15, 0.2) is 6.10 Å². The van der Waals surface area contributed by atoms with Crippen LogP contribution in [-0.4, -0.2) is 54.5 Å². The predicted octanol–water partition coefficient (Wildman–Crippen LogP) is 1.75. The Morgan fingerprint density at radius 1 is 1.41 bits per heavy atom. The molecular formula is C10H18F3NO3. The minimum Gasteiger partial charge on any atom is -0.479 e. The van der Waals surface area contributed by atoms with Gasteiger partial charge in [0.05, 0.1) is 6.54 Å². The van der Waals surface area contributed by atoms with Crippen LogP contribution in [0.25, 0.3) is 0 Å². The van der Waals surface area contributed by atoms with Crippen molar-refractivity contribution in [2.75, 3.05) is 26.2 Å². The Morgan fingerprint density at radius 3 is 2.35 bits per heavy atom. The number of carbonyl (C=O) groups is 1. The van der Waals surface area contributed by atoms with Gasteiger partial charge in [0, 0.05) is 13.2 Å². The molecule has 0 spiro atoms. The number of halogens is 3. The first-order valence-electron chi connectivity index (χ1n) is 5.43. The number of aliphatic carboxylic acids is 1. The lowest BCUT2D eigenvalue weighted by atomic mass is 10.3. The van der Waals surface area contributed by atoms with E-state index in [4.69, 9.17) is 9.84 Å². The lowest BCUT2D eigenvalue weighted by Gasteiger charge is -2.25. The summed E-state index contributed by atoms with van der Waals surface area (Å²) in [5, 5.41) is 8.79. The molecule has 0 aliphatic rings. The quantitative estimate of drug-likeness (QED) is 0.719. The van der Waals surface area contributed by atoms with Crippen LogP contribution in [0.2, 0.25) is 0 Å². The lowest BCUT2D eigenvalue weighted by molar-refractivity contribution is -0.161. The summed E-state index contributed by atoms with van der Waals surface area (Å²) >= 11 is 0. The highest BCUT2D eigenvalue weighted by Gasteiger charge is 2.32. The molecule has 0 saturated carbocycles. The molecule has 1 N–H and O–H groups in total. The van der Waals surface area contributed by atoms with Gasteiger partial charge in [-0.3, -0.25) is 4.90 Å². The van der Waals surface area contributed by atoms with Crippen molar-refractivity contribution in [3.63, 3.8) is 0 Å². The van der Waals surface area contributed by atoms with Crippen molar-refractivity contribution in [1.29, 1.82) is 0 Å². The zero-order valence-electron chi connectivity index (χ0n) is 9.96. The van der Waals surface area contributed by atoms with Crippen LogP contribution >= 0.6 is 0 Å². The average Bonchev–Trinajstić information content (AvgIpc) is 2.14. The first-order valence-corrected chi connectivity index (χ1v) is 5.43. The molecule has 0 bridgehead atoms. The van der Waals surface area contributed by atoms with Crippen molar-refractivity contribution < 1.29 is 27.8 Å². The van der Waals surface area contributed by atoms with E-state index in [1.54, 1.807) is 13.8 Å². The minimum atomic E-state index is -4.33. The molecule has 0 aromatic rings. The molecular weight excluding hydrogens is 239 g/mol. The van der Waals surface area contributed by atoms with Crippen molar-refractivity contribution in [2.45, 2.75) is 32.5 Å². The normalized spacial score (nSPS) is 14.0. The van der Waals surface area contributed by atoms with Crippen molar-refractivity contribution in [1.82, 2.24) is 4.90 Å². The third-order valence-electron chi connectivity index (χ3n) is 2.01. The molecule has 0 heterocycles. The van der Waals surface area contributed by atoms with Crippen molar-refractivity contribution >= 4 is 5.97 Å². The monoisotopic (exact) mass is 257 g/mol. The molecule has 0 saturated heterocycles. The number of carboxylic acids is 1. The standard InChI is InChI=1S/C10H18F3NO3/c1-3-5-14(7-10(11,12)13)6-8(9(15)16)17-4-2/h8H,3-7H2,1-2H3,(H,15,16). The van der Waals surface area contributed by atoms with E-state index in [2.05, 4.69) is 0 Å². The summed E-state index contributed by atoms with van der Waals surface area (Å²) in [4.78, 5) is 11.8. The van der Waals surface area contributed by atoms with Crippen LogP contribution < -0.4 is 0 Å². The third kappa shape index (κ3) is 7.98. The zero-order valence-corrected chi connectivity index (χ0v) is 9.96. The summed E-state index contributed by atoms with van der Waals surface area (Å²) in [7, 11) is 0. The maximum Gasteiger partial charge on any atom is 0.401 e. The molecule has 0 radical (unpaired) electrons. The van der Waals surface area contributed by atoms with Crippen LogP contribution in [0.5, 0.6) is 0 Å². The van der Waals surface area contributed by atoms with E-state index in [9.17, 15) is 18.0 Å². The van der Waals surface area contributed by atoms with Crippen LogP contribution in [-0.2, 0) is 9.53 Å². The van der Waals surface area contributed by atoms with Gasteiger partial charge in [-0.05, 0) is 19.9 Å². The first kappa shape index (κ1) is 16.2. The average molecular weight is 257 g/mol. The van der Waals surface area contributed by atoms with Crippen LogP contribution in [0, 0.1) is 0 Å². The Balaban J connectivity index is 4.43. The fraction of sp³-hybridized carbons (Fsp3) is 0.900. The number of nitrogens with zero attached hydrogens (tertiary/aromatic N) is 1. The molecule has 0 aliphatic carbocycles. The number of ether oxygens (including phenoxy) is 1. The molecule has 1 atom stereocenters. The number of alkyl halides is 3. The van der Waals surface area contributed by atoms with Crippen LogP contribution in [0.3, 0.4) is 0 Å². The largest absolute Gasteiger partial charge is 0.479 e. The number of hydrogen-bond donors (Lipinski definition) is 1. The number of carboxylic acid groups (broad SMARTS) is 1. The maximum absolute atomic E-state index is 12.2. The second kappa shape index (κ2) is 7.50. The van der Waals surface area contributed by atoms with E-state index in [1.165, 1.54) is 0 Å². The fourth-order valence-electron chi connectivity index (χ4n) is 1.44. The summed E-state index contributed by atoms with van der Waals surface area (Å²) in [5.41, 5.74) is 0. The SMILES string of the molecule is CCCN(CC(OCC)C(=O)O)CC(F)(F)F. The number of rotatable bonds is 8. The van der Waals surface area contributed by atoms with Crippen LogP contribution in [0.15, 0.2) is 0 Å². The summed E-state index contributed by atoms with van der Waals surface area (Å²) in [5.74, 6) is -1.24. The van der Waals surface area contributed by atoms with Gasteiger partial charge < -0.3 is 9.84 Å². The highest BCUT2D eigenvalue weighted by molar-refractivity contribution is 5.72. The minimum absolute atomic E-state index is 0.156. The fourth-order valence-corrected chi connectivity index (χ4v) is 1.44. The Bertz CT molecular complexity index is 233. The van der Waals surface area contributed by atoms with E-state index >= 15 is 0 Å². The lowest BCUT2D eigenvalue weighted by Crippen LogP contribution is -2.43. The highest BCUT2D eigenvalue weighted by Crippen LogP contribution is 2.17. The van der Waals surface area contributed by atoms with Crippen molar-refractivity contribution in [2.24, 2.45) is 0 Å². The second-order valence-electron chi connectivity index (χ2n) is 3.63. The van der Waals surface area contributed by atoms with E-state index in [0.29, 0.717) is 6.42 Å². The third-order valence-corrected chi connectivity index (χ3v) is 2.01. The summed E-state index contributed by atoms with van der Waals surface area (Å²) < 4.78 is 41.6. The van der Waals surface area contributed by atoms with Crippen LogP contribution in [0.1, 0.15) is 20.3 Å². The Morgan fingerprint density at radius 2 is 2.00 bits per heavy atom. The summed E-state index contributed by atoms with van der Waals surface area (Å²) in [6, 6.07) is 0. The van der Waals surface area contributed by atoms with Gasteiger partial charge in [-0.1, -0.05) is 6.92 Å². The topological polar surface area (TPSA) is 49.8 Å². The van der Waals surface area contributed by atoms with Gasteiger partial charge in [0.1, 0.15) is 0 Å². The molecule has 102 valence electrons. The highest BCUT2D eigenvalue weighted by atomic mass is 19.4. The molecule has 1 unspecified atom stereocenters. The maximum atomic E-state index is 12.2. The van der Waals surface area contributed by atoms with Crippen LogP contribution in [0.4, 0.5) is 13.2 Å². The second-order valence-corrected chi connectivity index (χ2v) is 3.63. The van der Waals surface area contributed by atoms with E-state index in [1.807, 2.05) is 0 Å². The number of hydrogen-bond acceptors (Lipinski definition) is 3. The summed E-state index contributed by atoms with van der Waals surface area (Å²) in [6.07, 6.45) is -5.02. The van der Waals surface area contributed by atoms with E-state index in [-0.39, 0.29) is 19.7 Å². The first-order chi connectivity index (χ1) is 7.80. The Hall–Kier alpha value is -0.820. The molecule has 7 heteroatoms. The molecule has 0 aliphatic heterocycles. The Kier molecular flexibility index (Phi) is 7.13. The van der Waals surface area contributed by atoms with Gasteiger partial charge in [-0.2, -0.15) is 13.2 Å². The smallest absolute Gasteiger partial charge is 0.401 e. The Labute approximate surface area is 98.3 Å². The molecule has 0 aromatic carbocycles. The van der Waals surface area contributed by atoms with E-state index < -0.39 is 24.8 Å².